The van der Waals surface area contributed by atoms with Crippen LogP contribution >= 0.6 is 0 Å². The molecule has 35 heavy (non-hydrogen) atoms. The minimum absolute atomic E-state index is 0.0679. The van der Waals surface area contributed by atoms with Crippen molar-refractivity contribution >= 4 is 21.7 Å². The Bertz CT molecular complexity index is 1380. The van der Waals surface area contributed by atoms with E-state index in [4.69, 9.17) is 4.74 Å². The van der Waals surface area contributed by atoms with Gasteiger partial charge in [0.25, 0.3) is 10.0 Å². The minimum Gasteiger partial charge on any atom is -0.486 e. The summed E-state index contributed by atoms with van der Waals surface area (Å²) >= 11 is 0. The minimum atomic E-state index is -4.06. The molecular weight excluding hydrogens is 476 g/mol. The standard InChI is InChI=1S/C26H25F2NO5S/c1-16-5-4-6-22(9-16)35(32,33)29-15-21(14-26(2,3)25(30)31)34-24-8-7-17(12-23(24)29)18-10-19(27)13-20(28)11-18/h4-13,21H,14-15H2,1-3H3,(H,30,31)/t21-/m0/s1. The van der Waals surface area contributed by atoms with Crippen molar-refractivity contribution in [2.24, 2.45) is 5.41 Å². The number of aryl methyl sites for hydroxylation is 1. The monoisotopic (exact) mass is 501 g/mol. The summed E-state index contributed by atoms with van der Waals surface area (Å²) in [5, 5.41) is 9.56. The second-order valence-corrected chi connectivity index (χ2v) is 11.2. The van der Waals surface area contributed by atoms with E-state index in [1.165, 1.54) is 22.5 Å². The second kappa shape index (κ2) is 8.96. The van der Waals surface area contributed by atoms with Crippen LogP contribution in [0.25, 0.3) is 11.1 Å². The van der Waals surface area contributed by atoms with Gasteiger partial charge in [-0.3, -0.25) is 9.10 Å². The molecule has 1 N–H and O–H groups in total. The SMILES string of the molecule is Cc1cccc(S(=O)(=O)N2C[C@H](CC(C)(C)C(=O)O)Oc3ccc(-c4cc(F)cc(F)c4)cc32)c1. The summed E-state index contributed by atoms with van der Waals surface area (Å²) in [6.45, 7) is 4.76. The van der Waals surface area contributed by atoms with Crippen molar-refractivity contribution in [3.05, 3.63) is 77.9 Å². The molecule has 0 saturated heterocycles. The molecule has 9 heteroatoms. The number of rotatable bonds is 6. The lowest BCUT2D eigenvalue weighted by atomic mass is 9.86. The van der Waals surface area contributed by atoms with Gasteiger partial charge in [-0.2, -0.15) is 0 Å². The number of ether oxygens (including phenoxy) is 1. The predicted octanol–water partition coefficient (Wildman–Crippen LogP) is 5.40. The highest BCUT2D eigenvalue weighted by Gasteiger charge is 2.39. The summed E-state index contributed by atoms with van der Waals surface area (Å²) in [6, 6.07) is 14.1. The quantitative estimate of drug-likeness (QED) is 0.489. The Balaban J connectivity index is 1.83. The lowest BCUT2D eigenvalue weighted by molar-refractivity contribution is -0.148. The zero-order chi connectivity index (χ0) is 25.5. The van der Waals surface area contributed by atoms with Crippen LogP contribution in [0.5, 0.6) is 5.75 Å². The lowest BCUT2D eigenvalue weighted by Crippen LogP contribution is -2.46. The number of benzene rings is 3. The van der Waals surface area contributed by atoms with E-state index in [-0.39, 0.29) is 34.9 Å². The first kappa shape index (κ1) is 24.7. The number of fused-ring (bicyclic) bond motifs is 1. The van der Waals surface area contributed by atoms with Crippen molar-refractivity contribution in [3.63, 3.8) is 0 Å². The molecule has 0 bridgehead atoms. The zero-order valence-electron chi connectivity index (χ0n) is 19.5. The third-order valence-corrected chi connectivity index (χ3v) is 7.76. The maximum atomic E-state index is 13.8. The molecule has 0 saturated carbocycles. The van der Waals surface area contributed by atoms with Crippen LogP contribution < -0.4 is 9.04 Å². The van der Waals surface area contributed by atoms with Crippen LogP contribution in [0.4, 0.5) is 14.5 Å². The molecule has 0 unspecified atom stereocenters. The van der Waals surface area contributed by atoms with Crippen molar-refractivity contribution in [2.75, 3.05) is 10.8 Å². The molecule has 0 aromatic heterocycles. The molecule has 4 rings (SSSR count). The number of hydrogen-bond acceptors (Lipinski definition) is 4. The van der Waals surface area contributed by atoms with E-state index in [1.807, 2.05) is 0 Å². The molecule has 0 fully saturated rings. The number of nitrogens with zero attached hydrogens (tertiary/aromatic N) is 1. The van der Waals surface area contributed by atoms with Crippen LogP contribution in [0.15, 0.2) is 65.6 Å². The fourth-order valence-corrected chi connectivity index (χ4v) is 5.71. The van der Waals surface area contributed by atoms with Crippen LogP contribution in [0.2, 0.25) is 0 Å². The van der Waals surface area contributed by atoms with Gasteiger partial charge in [0, 0.05) is 12.5 Å². The lowest BCUT2D eigenvalue weighted by Gasteiger charge is -2.37. The first-order valence-corrected chi connectivity index (χ1v) is 12.4. The number of sulfonamides is 1. The van der Waals surface area contributed by atoms with Crippen LogP contribution in [-0.4, -0.2) is 32.1 Å². The molecule has 1 atom stereocenters. The third kappa shape index (κ3) is 5.00. The molecule has 184 valence electrons. The Labute approximate surface area is 202 Å². The molecular formula is C26H25F2NO5S. The summed E-state index contributed by atoms with van der Waals surface area (Å²) in [4.78, 5) is 11.8. The normalized spacial score (nSPS) is 15.9. The first-order chi connectivity index (χ1) is 16.4. The summed E-state index contributed by atoms with van der Waals surface area (Å²) in [7, 11) is -4.06. The maximum absolute atomic E-state index is 13.8. The molecule has 0 radical (unpaired) electrons. The van der Waals surface area contributed by atoms with Crippen molar-refractivity contribution in [3.8, 4) is 16.9 Å². The number of carboxylic acid groups (broad SMARTS) is 1. The number of carboxylic acids is 1. The van der Waals surface area contributed by atoms with Crippen molar-refractivity contribution < 1.29 is 31.8 Å². The Kier molecular flexibility index (Phi) is 6.31. The van der Waals surface area contributed by atoms with Gasteiger partial charge in [0.15, 0.2) is 0 Å². The molecule has 1 aliphatic heterocycles. The van der Waals surface area contributed by atoms with Gasteiger partial charge >= 0.3 is 5.97 Å². The molecule has 1 heterocycles. The Morgan fingerprint density at radius 1 is 1.06 bits per heavy atom. The van der Waals surface area contributed by atoms with Crippen molar-refractivity contribution in [1.29, 1.82) is 0 Å². The third-order valence-electron chi connectivity index (χ3n) is 5.98. The smallest absolute Gasteiger partial charge is 0.309 e. The highest BCUT2D eigenvalue weighted by atomic mass is 32.2. The average molecular weight is 502 g/mol. The summed E-state index contributed by atoms with van der Waals surface area (Å²) in [6.07, 6.45) is -0.663. The zero-order valence-corrected chi connectivity index (χ0v) is 20.3. The van der Waals surface area contributed by atoms with E-state index in [0.29, 0.717) is 5.56 Å². The second-order valence-electron chi connectivity index (χ2n) is 9.33. The molecule has 0 aliphatic carbocycles. The van der Waals surface area contributed by atoms with E-state index in [1.54, 1.807) is 45.0 Å². The van der Waals surface area contributed by atoms with Crippen molar-refractivity contribution in [1.82, 2.24) is 0 Å². The first-order valence-electron chi connectivity index (χ1n) is 11.0. The Morgan fingerprint density at radius 2 is 1.74 bits per heavy atom. The Hall–Kier alpha value is -3.46. The van der Waals surface area contributed by atoms with Crippen LogP contribution in [0.1, 0.15) is 25.8 Å². The molecule has 0 amide bonds. The number of aliphatic carboxylic acids is 1. The summed E-state index contributed by atoms with van der Waals surface area (Å²) < 4.78 is 62.3. The van der Waals surface area contributed by atoms with E-state index in [0.717, 1.165) is 23.8 Å². The van der Waals surface area contributed by atoms with Crippen LogP contribution in [0, 0.1) is 24.0 Å². The van der Waals surface area contributed by atoms with Gasteiger partial charge in [-0.1, -0.05) is 18.2 Å². The van der Waals surface area contributed by atoms with Crippen LogP contribution in [-0.2, 0) is 14.8 Å². The molecule has 1 aliphatic rings. The van der Waals surface area contributed by atoms with Gasteiger partial charge in [0.05, 0.1) is 22.5 Å². The number of hydrogen-bond donors (Lipinski definition) is 1. The fourth-order valence-electron chi connectivity index (χ4n) is 4.11. The van der Waals surface area contributed by atoms with Gasteiger partial charge in [-0.05, 0) is 73.9 Å². The number of anilines is 1. The van der Waals surface area contributed by atoms with E-state index in [9.17, 15) is 27.1 Å². The van der Waals surface area contributed by atoms with E-state index >= 15 is 0 Å². The summed E-state index contributed by atoms with van der Waals surface area (Å²) in [5.41, 5.74) is 0.456. The fraction of sp³-hybridized carbons (Fsp3) is 0.269. The van der Waals surface area contributed by atoms with Gasteiger partial charge in [0.1, 0.15) is 23.5 Å². The van der Waals surface area contributed by atoms with E-state index in [2.05, 4.69) is 0 Å². The number of carbonyl (C=O) groups is 1. The molecule has 6 nitrogen and oxygen atoms in total. The maximum Gasteiger partial charge on any atom is 0.309 e. The van der Waals surface area contributed by atoms with Gasteiger partial charge in [0.2, 0.25) is 0 Å². The molecule has 3 aromatic rings. The topological polar surface area (TPSA) is 83.9 Å². The van der Waals surface area contributed by atoms with Gasteiger partial charge in [-0.15, -0.1) is 0 Å². The summed E-state index contributed by atoms with van der Waals surface area (Å²) in [5.74, 6) is -2.30. The Morgan fingerprint density at radius 3 is 2.37 bits per heavy atom. The van der Waals surface area contributed by atoms with E-state index < -0.39 is 39.1 Å². The molecule has 0 spiro atoms. The predicted molar refractivity (Wildman–Crippen MR) is 128 cm³/mol. The number of halogens is 2. The molecule has 3 aromatic carbocycles. The average Bonchev–Trinajstić information content (AvgIpc) is 2.77. The van der Waals surface area contributed by atoms with Crippen LogP contribution in [0.3, 0.4) is 0 Å². The van der Waals surface area contributed by atoms with Gasteiger partial charge in [-0.25, -0.2) is 17.2 Å². The highest BCUT2D eigenvalue weighted by molar-refractivity contribution is 7.92. The largest absolute Gasteiger partial charge is 0.486 e. The van der Waals surface area contributed by atoms with Crippen molar-refractivity contribution in [2.45, 2.75) is 38.2 Å². The highest BCUT2D eigenvalue weighted by Crippen LogP contribution is 2.42. The van der Waals surface area contributed by atoms with Gasteiger partial charge < -0.3 is 9.84 Å².